The predicted octanol–water partition coefficient (Wildman–Crippen LogP) is 3.84. The van der Waals surface area contributed by atoms with Crippen LogP contribution in [0.1, 0.15) is 55.0 Å². The molecule has 7 nitrogen and oxygen atoms in total. The van der Waals surface area contributed by atoms with E-state index >= 15 is 0 Å². The largest absolute Gasteiger partial charge is 0.496 e. The summed E-state index contributed by atoms with van der Waals surface area (Å²) in [6.45, 7) is 9.87. The molecule has 0 aromatic heterocycles. The van der Waals surface area contributed by atoms with Gasteiger partial charge in [-0.1, -0.05) is 19.9 Å². The van der Waals surface area contributed by atoms with Gasteiger partial charge in [0.2, 0.25) is 10.0 Å². The number of carbonyl (C=O) groups is 1. The molecular weight excluding hydrogens is 428 g/mol. The van der Waals surface area contributed by atoms with Gasteiger partial charge in [0.25, 0.3) is 5.91 Å². The molecular formula is C24H32N2O5S. The molecule has 2 atom stereocenters. The SMILES string of the molecule is COc1cc(C)c([C@@H](C)NC(=O)[C@@H]2CN(S(C)(=O)=O)c3cc(C)ccc3O2)cc1C(C)C. The highest BCUT2D eigenvalue weighted by molar-refractivity contribution is 7.92. The second-order valence-electron chi connectivity index (χ2n) is 8.71. The first-order chi connectivity index (χ1) is 14.9. The van der Waals surface area contributed by atoms with Gasteiger partial charge in [-0.2, -0.15) is 0 Å². The van der Waals surface area contributed by atoms with E-state index in [9.17, 15) is 13.2 Å². The minimum Gasteiger partial charge on any atom is -0.496 e. The number of ether oxygens (including phenoxy) is 2. The third kappa shape index (κ3) is 4.85. The zero-order valence-corrected chi connectivity index (χ0v) is 20.5. The third-order valence-electron chi connectivity index (χ3n) is 5.74. The molecule has 0 radical (unpaired) electrons. The van der Waals surface area contributed by atoms with Gasteiger partial charge >= 0.3 is 0 Å². The summed E-state index contributed by atoms with van der Waals surface area (Å²) in [6.07, 6.45) is 0.182. The lowest BCUT2D eigenvalue weighted by molar-refractivity contribution is -0.128. The van der Waals surface area contributed by atoms with Crippen LogP contribution in [0.5, 0.6) is 11.5 Å². The number of nitrogens with one attached hydrogen (secondary N) is 1. The molecule has 1 amide bonds. The van der Waals surface area contributed by atoms with Crippen LogP contribution in [0.2, 0.25) is 0 Å². The number of sulfonamides is 1. The van der Waals surface area contributed by atoms with Crippen molar-refractivity contribution in [3.63, 3.8) is 0 Å². The lowest BCUT2D eigenvalue weighted by Crippen LogP contribution is -2.50. The predicted molar refractivity (Wildman–Crippen MR) is 126 cm³/mol. The lowest BCUT2D eigenvalue weighted by atomic mass is 9.93. The summed E-state index contributed by atoms with van der Waals surface area (Å²) in [6, 6.07) is 9.03. The average Bonchev–Trinajstić information content (AvgIpc) is 2.71. The highest BCUT2D eigenvalue weighted by Crippen LogP contribution is 2.36. The number of hydrogen-bond acceptors (Lipinski definition) is 5. The van der Waals surface area contributed by atoms with E-state index in [-0.39, 0.29) is 24.4 Å². The van der Waals surface area contributed by atoms with Crippen LogP contribution in [0.25, 0.3) is 0 Å². The lowest BCUT2D eigenvalue weighted by Gasteiger charge is -2.34. The van der Waals surface area contributed by atoms with E-state index in [1.54, 1.807) is 19.2 Å². The zero-order chi connectivity index (χ0) is 23.8. The molecule has 0 unspecified atom stereocenters. The monoisotopic (exact) mass is 460 g/mol. The Morgan fingerprint density at radius 3 is 2.44 bits per heavy atom. The number of benzene rings is 2. The molecule has 0 saturated carbocycles. The van der Waals surface area contributed by atoms with Gasteiger partial charge in [-0.3, -0.25) is 9.10 Å². The molecule has 1 N–H and O–H groups in total. The number of rotatable bonds is 6. The van der Waals surface area contributed by atoms with Gasteiger partial charge in [0, 0.05) is 0 Å². The van der Waals surface area contributed by atoms with E-state index < -0.39 is 16.1 Å². The number of nitrogens with zero attached hydrogens (tertiary/aromatic N) is 1. The van der Waals surface area contributed by atoms with Gasteiger partial charge in [0.15, 0.2) is 6.10 Å². The second kappa shape index (κ2) is 9.02. The second-order valence-corrected chi connectivity index (χ2v) is 10.6. The molecule has 0 saturated heterocycles. The van der Waals surface area contributed by atoms with E-state index in [0.717, 1.165) is 34.3 Å². The zero-order valence-electron chi connectivity index (χ0n) is 19.7. The number of aryl methyl sites for hydroxylation is 2. The number of methoxy groups -OCH3 is 1. The third-order valence-corrected chi connectivity index (χ3v) is 6.89. The van der Waals surface area contributed by atoms with Crippen molar-refractivity contribution in [2.24, 2.45) is 0 Å². The molecule has 0 spiro atoms. The molecule has 0 fully saturated rings. The van der Waals surface area contributed by atoms with Gasteiger partial charge in [-0.05, 0) is 73.2 Å². The molecule has 1 aliphatic rings. The number of carbonyl (C=O) groups excluding carboxylic acids is 1. The molecule has 1 heterocycles. The van der Waals surface area contributed by atoms with Gasteiger partial charge in [-0.25, -0.2) is 8.42 Å². The molecule has 1 aliphatic heterocycles. The molecule has 8 heteroatoms. The molecule has 32 heavy (non-hydrogen) atoms. The van der Waals surface area contributed by atoms with E-state index in [1.165, 1.54) is 4.31 Å². The summed E-state index contributed by atoms with van der Waals surface area (Å²) < 4.78 is 37.5. The van der Waals surface area contributed by atoms with Crippen LogP contribution < -0.4 is 19.1 Å². The highest BCUT2D eigenvalue weighted by Gasteiger charge is 2.35. The van der Waals surface area contributed by atoms with Crippen LogP contribution in [0, 0.1) is 13.8 Å². The van der Waals surface area contributed by atoms with Crippen LogP contribution >= 0.6 is 0 Å². The summed E-state index contributed by atoms with van der Waals surface area (Å²) in [5.41, 5.74) is 4.41. The van der Waals surface area contributed by atoms with E-state index in [1.807, 2.05) is 32.9 Å². The van der Waals surface area contributed by atoms with E-state index in [4.69, 9.17) is 9.47 Å². The molecule has 2 aromatic rings. The van der Waals surface area contributed by atoms with Crippen LogP contribution in [-0.4, -0.2) is 40.3 Å². The van der Waals surface area contributed by atoms with Crippen molar-refractivity contribution in [3.05, 3.63) is 52.6 Å². The fraction of sp³-hybridized carbons (Fsp3) is 0.458. The van der Waals surface area contributed by atoms with Crippen molar-refractivity contribution in [2.75, 3.05) is 24.2 Å². The van der Waals surface area contributed by atoms with Crippen molar-refractivity contribution in [1.82, 2.24) is 5.32 Å². The Morgan fingerprint density at radius 1 is 1.16 bits per heavy atom. The number of amides is 1. The average molecular weight is 461 g/mol. The summed E-state index contributed by atoms with van der Waals surface area (Å²) in [4.78, 5) is 13.1. The van der Waals surface area contributed by atoms with Crippen LogP contribution in [0.15, 0.2) is 30.3 Å². The van der Waals surface area contributed by atoms with Gasteiger partial charge in [0.1, 0.15) is 11.5 Å². The Morgan fingerprint density at radius 2 is 1.84 bits per heavy atom. The van der Waals surface area contributed by atoms with Gasteiger partial charge in [-0.15, -0.1) is 0 Å². The number of hydrogen-bond donors (Lipinski definition) is 1. The van der Waals surface area contributed by atoms with Crippen LogP contribution in [0.3, 0.4) is 0 Å². The minimum atomic E-state index is -3.57. The molecule has 174 valence electrons. The Bertz CT molecular complexity index is 1130. The number of fused-ring (bicyclic) bond motifs is 1. The van der Waals surface area contributed by atoms with Crippen LogP contribution in [0.4, 0.5) is 5.69 Å². The van der Waals surface area contributed by atoms with Crippen LogP contribution in [-0.2, 0) is 14.8 Å². The molecule has 3 rings (SSSR count). The summed E-state index contributed by atoms with van der Waals surface area (Å²) in [7, 11) is -1.92. The summed E-state index contributed by atoms with van der Waals surface area (Å²) in [5.74, 6) is 1.10. The van der Waals surface area contributed by atoms with Gasteiger partial charge < -0.3 is 14.8 Å². The maximum atomic E-state index is 13.1. The Labute approximate surface area is 190 Å². The van der Waals surface area contributed by atoms with Crippen molar-refractivity contribution < 1.29 is 22.7 Å². The van der Waals surface area contributed by atoms with Crippen molar-refractivity contribution in [2.45, 2.75) is 52.7 Å². The maximum absolute atomic E-state index is 13.1. The Kier molecular flexibility index (Phi) is 6.74. The van der Waals surface area contributed by atoms with Crippen molar-refractivity contribution in [1.29, 1.82) is 0 Å². The first-order valence-corrected chi connectivity index (χ1v) is 12.5. The molecule has 2 aromatic carbocycles. The molecule has 0 aliphatic carbocycles. The van der Waals surface area contributed by atoms with Crippen molar-refractivity contribution in [3.8, 4) is 11.5 Å². The smallest absolute Gasteiger partial charge is 0.263 e. The first-order valence-electron chi connectivity index (χ1n) is 10.7. The summed E-state index contributed by atoms with van der Waals surface area (Å²) >= 11 is 0. The minimum absolute atomic E-state index is 0.0767. The quantitative estimate of drug-likeness (QED) is 0.708. The maximum Gasteiger partial charge on any atom is 0.263 e. The van der Waals surface area contributed by atoms with Gasteiger partial charge in [0.05, 0.1) is 31.6 Å². The Hall–Kier alpha value is -2.74. The highest BCUT2D eigenvalue weighted by atomic mass is 32.2. The normalized spacial score (nSPS) is 16.9. The van der Waals surface area contributed by atoms with E-state index in [2.05, 4.69) is 25.2 Å². The topological polar surface area (TPSA) is 84.9 Å². The fourth-order valence-corrected chi connectivity index (χ4v) is 4.91. The number of anilines is 1. The van der Waals surface area contributed by atoms with Crippen molar-refractivity contribution >= 4 is 21.6 Å². The van der Waals surface area contributed by atoms with E-state index in [0.29, 0.717) is 11.4 Å². The fourth-order valence-electron chi connectivity index (χ4n) is 4.01. The first kappa shape index (κ1) is 23.9. The Balaban J connectivity index is 1.86. The standard InChI is InChI=1S/C24H32N2O5S/c1-14(2)18-12-19(16(4)11-22(18)30-6)17(5)25-24(27)23-13-26(32(7,28)29)20-10-15(3)8-9-21(20)31-23/h8-12,14,17,23H,13H2,1-7H3,(H,25,27)/t17-,23+/m1/s1. The molecule has 0 bridgehead atoms. The summed E-state index contributed by atoms with van der Waals surface area (Å²) in [5, 5.41) is 3.00.